The Morgan fingerprint density at radius 3 is 2.77 bits per heavy atom. The van der Waals surface area contributed by atoms with Gasteiger partial charge in [-0.05, 0) is 24.3 Å². The standard InChI is InChI=1S/C17H18ClN3O/c1-11(9-19)17-16(13-5-3-4-6-14(13)22-2)20-15-8-7-12(18)10-21(15)17/h3-8,10-11H,9,19H2,1-2H3. The van der Waals surface area contributed by atoms with Gasteiger partial charge in [0, 0.05) is 24.2 Å². The highest BCUT2D eigenvalue weighted by Crippen LogP contribution is 2.35. The summed E-state index contributed by atoms with van der Waals surface area (Å²) in [7, 11) is 1.66. The highest BCUT2D eigenvalue weighted by atomic mass is 35.5. The molecular weight excluding hydrogens is 298 g/mol. The number of ether oxygens (including phenoxy) is 1. The quantitative estimate of drug-likeness (QED) is 0.798. The van der Waals surface area contributed by atoms with Crippen LogP contribution in [0.25, 0.3) is 16.9 Å². The van der Waals surface area contributed by atoms with Gasteiger partial charge in [-0.25, -0.2) is 4.98 Å². The Hall–Kier alpha value is -2.04. The fourth-order valence-corrected chi connectivity index (χ4v) is 2.82. The number of hydrogen-bond acceptors (Lipinski definition) is 3. The van der Waals surface area contributed by atoms with E-state index in [0.717, 1.165) is 28.3 Å². The topological polar surface area (TPSA) is 52.5 Å². The number of hydrogen-bond donors (Lipinski definition) is 1. The van der Waals surface area contributed by atoms with Crippen molar-refractivity contribution < 1.29 is 4.74 Å². The second kappa shape index (κ2) is 5.99. The van der Waals surface area contributed by atoms with E-state index < -0.39 is 0 Å². The van der Waals surface area contributed by atoms with Crippen molar-refractivity contribution in [2.24, 2.45) is 5.73 Å². The van der Waals surface area contributed by atoms with Crippen molar-refractivity contribution in [3.8, 4) is 17.0 Å². The van der Waals surface area contributed by atoms with E-state index in [2.05, 4.69) is 6.92 Å². The molecule has 0 saturated heterocycles. The number of rotatable bonds is 4. The van der Waals surface area contributed by atoms with Gasteiger partial charge in [0.15, 0.2) is 0 Å². The van der Waals surface area contributed by atoms with E-state index in [1.54, 1.807) is 7.11 Å². The molecule has 0 saturated carbocycles. The molecule has 1 atom stereocenters. The summed E-state index contributed by atoms with van der Waals surface area (Å²) in [4.78, 5) is 4.77. The third-order valence-corrected chi connectivity index (χ3v) is 4.03. The molecule has 2 N–H and O–H groups in total. The first-order valence-electron chi connectivity index (χ1n) is 7.16. The molecule has 0 aliphatic rings. The first-order chi connectivity index (χ1) is 10.7. The van der Waals surface area contributed by atoms with Crippen molar-refractivity contribution in [2.45, 2.75) is 12.8 Å². The molecule has 0 radical (unpaired) electrons. The van der Waals surface area contributed by atoms with Gasteiger partial charge in [0.05, 0.1) is 23.5 Å². The number of fused-ring (bicyclic) bond motifs is 1. The van der Waals surface area contributed by atoms with E-state index in [0.29, 0.717) is 11.6 Å². The maximum absolute atomic E-state index is 6.15. The maximum atomic E-state index is 6.15. The molecule has 2 heterocycles. The molecule has 0 amide bonds. The minimum atomic E-state index is 0.147. The molecule has 1 aromatic carbocycles. The molecule has 0 aliphatic heterocycles. The minimum Gasteiger partial charge on any atom is -0.496 e. The Morgan fingerprint density at radius 2 is 2.05 bits per heavy atom. The molecule has 3 aromatic rings. The predicted molar refractivity (Wildman–Crippen MR) is 89.7 cm³/mol. The lowest BCUT2D eigenvalue weighted by molar-refractivity contribution is 0.416. The van der Waals surface area contributed by atoms with Crippen LogP contribution >= 0.6 is 11.6 Å². The number of halogens is 1. The van der Waals surface area contributed by atoms with E-state index in [9.17, 15) is 0 Å². The van der Waals surface area contributed by atoms with Gasteiger partial charge in [0.1, 0.15) is 11.4 Å². The van der Waals surface area contributed by atoms with Crippen LogP contribution < -0.4 is 10.5 Å². The number of para-hydroxylation sites is 1. The van der Waals surface area contributed by atoms with Crippen molar-refractivity contribution in [1.82, 2.24) is 9.38 Å². The fourth-order valence-electron chi connectivity index (χ4n) is 2.66. The fraction of sp³-hybridized carbons (Fsp3) is 0.235. The van der Waals surface area contributed by atoms with Gasteiger partial charge in [0.2, 0.25) is 0 Å². The summed E-state index contributed by atoms with van der Waals surface area (Å²) in [5, 5.41) is 0.668. The van der Waals surface area contributed by atoms with E-state index >= 15 is 0 Å². The minimum absolute atomic E-state index is 0.147. The summed E-state index contributed by atoms with van der Waals surface area (Å²) in [5.74, 6) is 0.941. The number of aromatic nitrogens is 2. The van der Waals surface area contributed by atoms with Crippen LogP contribution in [-0.2, 0) is 0 Å². The van der Waals surface area contributed by atoms with E-state index in [4.69, 9.17) is 27.1 Å². The summed E-state index contributed by atoms with van der Waals surface area (Å²) in [6.45, 7) is 2.62. The first-order valence-corrected chi connectivity index (χ1v) is 7.54. The third kappa shape index (κ3) is 2.45. The average molecular weight is 316 g/mol. The zero-order valence-corrected chi connectivity index (χ0v) is 13.3. The summed E-state index contributed by atoms with van der Waals surface area (Å²) >= 11 is 6.15. The highest BCUT2D eigenvalue weighted by Gasteiger charge is 2.20. The predicted octanol–water partition coefficient (Wildman–Crippen LogP) is 3.73. The van der Waals surface area contributed by atoms with Gasteiger partial charge in [0.25, 0.3) is 0 Å². The van der Waals surface area contributed by atoms with Crippen molar-refractivity contribution >= 4 is 17.2 Å². The molecule has 2 aromatic heterocycles. The van der Waals surface area contributed by atoms with Gasteiger partial charge >= 0.3 is 0 Å². The lowest BCUT2D eigenvalue weighted by Crippen LogP contribution is -2.12. The first kappa shape index (κ1) is 14.9. The molecule has 114 valence electrons. The van der Waals surface area contributed by atoms with E-state index in [-0.39, 0.29) is 5.92 Å². The lowest BCUT2D eigenvalue weighted by Gasteiger charge is -2.13. The lowest BCUT2D eigenvalue weighted by atomic mass is 10.0. The van der Waals surface area contributed by atoms with Crippen LogP contribution in [0, 0.1) is 0 Å². The number of imidazole rings is 1. The number of benzene rings is 1. The molecule has 22 heavy (non-hydrogen) atoms. The van der Waals surface area contributed by atoms with Crippen LogP contribution in [0.5, 0.6) is 5.75 Å². The number of nitrogens with two attached hydrogens (primary N) is 1. The zero-order valence-electron chi connectivity index (χ0n) is 12.6. The summed E-state index contributed by atoms with van der Waals surface area (Å²) in [6, 6.07) is 11.6. The van der Waals surface area contributed by atoms with E-state index in [1.807, 2.05) is 47.0 Å². The number of methoxy groups -OCH3 is 1. The second-order valence-electron chi connectivity index (χ2n) is 5.26. The molecule has 0 fully saturated rings. The Morgan fingerprint density at radius 1 is 1.27 bits per heavy atom. The highest BCUT2D eigenvalue weighted by molar-refractivity contribution is 6.30. The average Bonchev–Trinajstić information content (AvgIpc) is 2.92. The largest absolute Gasteiger partial charge is 0.496 e. The third-order valence-electron chi connectivity index (χ3n) is 3.80. The summed E-state index contributed by atoms with van der Waals surface area (Å²) in [6.07, 6.45) is 1.88. The zero-order chi connectivity index (χ0) is 15.7. The van der Waals surface area contributed by atoms with Crippen LogP contribution in [0.4, 0.5) is 0 Å². The molecule has 3 rings (SSSR count). The van der Waals surface area contributed by atoms with E-state index in [1.165, 1.54) is 0 Å². The summed E-state index contributed by atoms with van der Waals surface area (Å²) < 4.78 is 7.50. The van der Waals surface area contributed by atoms with Gasteiger partial charge in [-0.1, -0.05) is 30.7 Å². The van der Waals surface area contributed by atoms with Gasteiger partial charge in [-0.3, -0.25) is 0 Å². The molecule has 4 nitrogen and oxygen atoms in total. The molecular formula is C17H18ClN3O. The number of pyridine rings is 1. The SMILES string of the molecule is COc1ccccc1-c1nc2ccc(Cl)cn2c1C(C)CN. The van der Waals surface area contributed by atoms with Gasteiger partial charge in [-0.15, -0.1) is 0 Å². The maximum Gasteiger partial charge on any atom is 0.137 e. The second-order valence-corrected chi connectivity index (χ2v) is 5.69. The number of nitrogens with zero attached hydrogens (tertiary/aromatic N) is 2. The van der Waals surface area contributed by atoms with Crippen LogP contribution in [-0.4, -0.2) is 23.0 Å². The van der Waals surface area contributed by atoms with Crippen molar-refractivity contribution in [1.29, 1.82) is 0 Å². The van der Waals surface area contributed by atoms with Crippen LogP contribution in [0.2, 0.25) is 5.02 Å². The Labute approximate surface area is 134 Å². The molecule has 1 unspecified atom stereocenters. The van der Waals surface area contributed by atoms with Crippen LogP contribution in [0.1, 0.15) is 18.5 Å². The van der Waals surface area contributed by atoms with Crippen molar-refractivity contribution in [3.63, 3.8) is 0 Å². The van der Waals surface area contributed by atoms with Gasteiger partial charge in [-0.2, -0.15) is 0 Å². The molecule has 5 heteroatoms. The van der Waals surface area contributed by atoms with Crippen molar-refractivity contribution in [3.05, 3.63) is 53.3 Å². The Bertz CT molecular complexity index is 813. The monoisotopic (exact) mass is 315 g/mol. The smallest absolute Gasteiger partial charge is 0.137 e. The Kier molecular flexibility index (Phi) is 4.05. The molecule has 0 spiro atoms. The normalized spacial score (nSPS) is 12.5. The molecule has 0 aliphatic carbocycles. The van der Waals surface area contributed by atoms with Crippen LogP contribution in [0.3, 0.4) is 0 Å². The van der Waals surface area contributed by atoms with Crippen molar-refractivity contribution in [2.75, 3.05) is 13.7 Å². The van der Waals surface area contributed by atoms with Gasteiger partial charge < -0.3 is 14.9 Å². The summed E-state index contributed by atoms with van der Waals surface area (Å²) in [5.41, 5.74) is 9.64. The van der Waals surface area contributed by atoms with Crippen LogP contribution in [0.15, 0.2) is 42.6 Å². The Balaban J connectivity index is 2.33. The molecule has 0 bridgehead atoms.